The molecule has 0 unspecified atom stereocenters. The molecule has 1 rings (SSSR count). The van der Waals surface area contributed by atoms with Crippen LogP contribution in [0.2, 0.25) is 0 Å². The zero-order chi connectivity index (χ0) is 12.3. The Morgan fingerprint density at radius 3 is 2.62 bits per heavy atom. The lowest BCUT2D eigenvalue weighted by Crippen LogP contribution is -2.32. The summed E-state index contributed by atoms with van der Waals surface area (Å²) in [7, 11) is 0. The van der Waals surface area contributed by atoms with E-state index in [-0.39, 0.29) is 0 Å². The van der Waals surface area contributed by atoms with Gasteiger partial charge in [-0.25, -0.2) is 14.9 Å². The number of nitrogens with one attached hydrogen (secondary N) is 1. The molecule has 5 nitrogen and oxygen atoms in total. The molecule has 1 N–H and O–H groups in total. The molecule has 0 aliphatic carbocycles. The van der Waals surface area contributed by atoms with Gasteiger partial charge < -0.3 is 4.74 Å². The molecule has 0 radical (unpaired) electrons. The lowest BCUT2D eigenvalue weighted by atomic mass is 10.2. The van der Waals surface area contributed by atoms with E-state index in [4.69, 9.17) is 4.74 Å². The fourth-order valence-electron chi connectivity index (χ4n) is 1.03. The minimum Gasteiger partial charge on any atom is -0.443 e. The molecule has 88 valence electrons. The van der Waals surface area contributed by atoms with Gasteiger partial charge in [-0.2, -0.15) is 0 Å². The summed E-state index contributed by atoms with van der Waals surface area (Å²) in [6.07, 6.45) is 0.0229. The van der Waals surface area contributed by atoms with Crippen LogP contribution in [0.4, 0.5) is 4.79 Å². The Labute approximate surface area is 102 Å². The van der Waals surface area contributed by atoms with E-state index >= 15 is 0 Å². The van der Waals surface area contributed by atoms with Gasteiger partial charge in [-0.05, 0) is 48.8 Å². The van der Waals surface area contributed by atoms with Crippen LogP contribution in [0.5, 0.6) is 0 Å². The van der Waals surface area contributed by atoms with Crippen molar-refractivity contribution in [2.75, 3.05) is 5.43 Å². The number of amides is 1. The van der Waals surface area contributed by atoms with Crippen molar-refractivity contribution in [3.63, 3.8) is 0 Å². The summed E-state index contributed by atoms with van der Waals surface area (Å²) in [5.74, 6) is 0. The second-order valence-corrected chi connectivity index (χ2v) is 4.96. The van der Waals surface area contributed by atoms with Gasteiger partial charge in [-0.3, -0.25) is 4.79 Å². The average molecular weight is 289 g/mol. The molecule has 1 aromatic rings. The van der Waals surface area contributed by atoms with E-state index in [2.05, 4.69) is 21.4 Å². The molecule has 0 atom stereocenters. The van der Waals surface area contributed by atoms with Gasteiger partial charge in [-0.15, -0.1) is 0 Å². The van der Waals surface area contributed by atoms with Gasteiger partial charge in [0.15, 0.2) is 6.29 Å². The Bertz CT molecular complexity index is 407. The molecule has 6 heteroatoms. The first-order valence-electron chi connectivity index (χ1n) is 4.66. The molecule has 0 aromatic carbocycles. The number of rotatable bonds is 2. The fourth-order valence-corrected chi connectivity index (χ4v) is 1.45. The van der Waals surface area contributed by atoms with Crippen molar-refractivity contribution in [3.05, 3.63) is 22.4 Å². The smallest absolute Gasteiger partial charge is 0.427 e. The predicted molar refractivity (Wildman–Crippen MR) is 63.1 cm³/mol. The maximum absolute atomic E-state index is 11.5. The minimum absolute atomic E-state index is 0.331. The average Bonchev–Trinajstić information content (AvgIpc) is 2.44. The van der Waals surface area contributed by atoms with Crippen LogP contribution < -0.4 is 5.43 Å². The Morgan fingerprint density at radius 2 is 2.12 bits per heavy atom. The Hall–Kier alpha value is -1.30. The van der Waals surface area contributed by atoms with E-state index in [0.29, 0.717) is 16.6 Å². The second-order valence-electron chi connectivity index (χ2n) is 4.15. The van der Waals surface area contributed by atoms with Gasteiger partial charge in [-0.1, -0.05) is 0 Å². The Balaban J connectivity index is 2.77. The largest absolute Gasteiger partial charge is 0.443 e. The van der Waals surface area contributed by atoms with E-state index in [9.17, 15) is 9.59 Å². The highest BCUT2D eigenvalue weighted by atomic mass is 79.9. The SMILES string of the molecule is CC(C)(C)OC(=O)Nn1c(Br)ccc1C=O. The minimum atomic E-state index is -0.618. The van der Waals surface area contributed by atoms with Gasteiger partial charge >= 0.3 is 6.09 Å². The molecular formula is C10H13BrN2O3. The van der Waals surface area contributed by atoms with E-state index in [1.54, 1.807) is 32.9 Å². The highest BCUT2D eigenvalue weighted by Crippen LogP contribution is 2.13. The van der Waals surface area contributed by atoms with Gasteiger partial charge in [0.2, 0.25) is 0 Å². The van der Waals surface area contributed by atoms with Gasteiger partial charge in [0.1, 0.15) is 15.9 Å². The molecule has 0 aliphatic rings. The number of nitrogens with zero attached hydrogens (tertiary/aromatic N) is 1. The van der Waals surface area contributed by atoms with Crippen molar-refractivity contribution >= 4 is 28.3 Å². The van der Waals surface area contributed by atoms with Crippen LogP contribution in [-0.2, 0) is 4.74 Å². The summed E-state index contributed by atoms with van der Waals surface area (Å²) in [6.45, 7) is 5.29. The number of hydrogen-bond acceptors (Lipinski definition) is 3. The quantitative estimate of drug-likeness (QED) is 0.851. The van der Waals surface area contributed by atoms with Crippen molar-refractivity contribution in [1.82, 2.24) is 4.68 Å². The van der Waals surface area contributed by atoms with Crippen LogP contribution in [0.3, 0.4) is 0 Å². The molecule has 0 saturated heterocycles. The third kappa shape index (κ3) is 3.37. The summed E-state index contributed by atoms with van der Waals surface area (Å²) in [4.78, 5) is 22.1. The second kappa shape index (κ2) is 4.69. The third-order valence-corrected chi connectivity index (χ3v) is 2.21. The van der Waals surface area contributed by atoms with Gasteiger partial charge in [0, 0.05) is 0 Å². The lowest BCUT2D eigenvalue weighted by Gasteiger charge is -2.20. The molecule has 0 fully saturated rings. The van der Waals surface area contributed by atoms with Crippen LogP contribution in [0, 0.1) is 0 Å². The number of halogens is 1. The van der Waals surface area contributed by atoms with Crippen molar-refractivity contribution < 1.29 is 14.3 Å². The van der Waals surface area contributed by atoms with Crippen LogP contribution in [-0.4, -0.2) is 22.7 Å². The summed E-state index contributed by atoms with van der Waals surface area (Å²) < 4.78 is 6.93. The number of hydrogen-bond donors (Lipinski definition) is 1. The molecule has 1 aromatic heterocycles. The zero-order valence-corrected chi connectivity index (χ0v) is 10.9. The molecule has 0 saturated carbocycles. The Kier molecular flexibility index (Phi) is 3.74. The fraction of sp³-hybridized carbons (Fsp3) is 0.400. The molecular weight excluding hydrogens is 276 g/mol. The Morgan fingerprint density at radius 1 is 1.50 bits per heavy atom. The van der Waals surface area contributed by atoms with Crippen molar-refractivity contribution in [1.29, 1.82) is 0 Å². The lowest BCUT2D eigenvalue weighted by molar-refractivity contribution is 0.0612. The number of aromatic nitrogens is 1. The maximum atomic E-state index is 11.5. The molecule has 1 heterocycles. The van der Waals surface area contributed by atoms with E-state index < -0.39 is 11.7 Å². The first-order chi connectivity index (χ1) is 7.33. The topological polar surface area (TPSA) is 60.3 Å². The monoisotopic (exact) mass is 288 g/mol. The molecule has 1 amide bonds. The number of carbonyl (C=O) groups excluding carboxylic acids is 2. The normalized spacial score (nSPS) is 11.0. The van der Waals surface area contributed by atoms with E-state index in [1.165, 1.54) is 4.68 Å². The zero-order valence-electron chi connectivity index (χ0n) is 9.28. The molecule has 0 spiro atoms. The first kappa shape index (κ1) is 12.8. The summed E-state index contributed by atoms with van der Waals surface area (Å²) in [6, 6.07) is 3.23. The number of ether oxygens (including phenoxy) is 1. The maximum Gasteiger partial charge on any atom is 0.427 e. The predicted octanol–water partition coefficient (Wildman–Crippen LogP) is 2.54. The van der Waals surface area contributed by atoms with Crippen molar-refractivity contribution in [2.24, 2.45) is 0 Å². The van der Waals surface area contributed by atoms with Gasteiger partial charge in [0.05, 0.1) is 0 Å². The summed E-state index contributed by atoms with van der Waals surface area (Å²) >= 11 is 3.20. The molecule has 0 aliphatic heterocycles. The van der Waals surface area contributed by atoms with Crippen LogP contribution in [0.15, 0.2) is 16.7 Å². The standard InChI is InChI=1S/C10H13BrN2O3/c1-10(2,3)16-9(15)12-13-7(6-14)4-5-8(13)11/h4-6H,1-3H3,(H,12,15). The van der Waals surface area contributed by atoms with E-state index in [1.807, 2.05) is 0 Å². The third-order valence-electron chi connectivity index (χ3n) is 1.59. The van der Waals surface area contributed by atoms with Crippen LogP contribution in [0.25, 0.3) is 0 Å². The van der Waals surface area contributed by atoms with Crippen molar-refractivity contribution in [3.8, 4) is 0 Å². The van der Waals surface area contributed by atoms with Gasteiger partial charge in [0.25, 0.3) is 0 Å². The van der Waals surface area contributed by atoms with Crippen LogP contribution in [0.1, 0.15) is 31.3 Å². The highest BCUT2D eigenvalue weighted by Gasteiger charge is 2.17. The molecule has 16 heavy (non-hydrogen) atoms. The number of carbonyl (C=O) groups is 2. The summed E-state index contributed by atoms with van der Waals surface area (Å²) in [5, 5.41) is 0. The first-order valence-corrected chi connectivity index (χ1v) is 5.45. The molecule has 0 bridgehead atoms. The van der Waals surface area contributed by atoms with Crippen molar-refractivity contribution in [2.45, 2.75) is 26.4 Å². The van der Waals surface area contributed by atoms with E-state index in [0.717, 1.165) is 0 Å². The number of aldehydes is 1. The van der Waals surface area contributed by atoms with Crippen LogP contribution >= 0.6 is 15.9 Å². The highest BCUT2D eigenvalue weighted by molar-refractivity contribution is 9.10. The summed E-state index contributed by atoms with van der Waals surface area (Å²) in [5.41, 5.74) is 2.20.